The van der Waals surface area contributed by atoms with Gasteiger partial charge in [-0.15, -0.1) is 0 Å². The van der Waals surface area contributed by atoms with E-state index in [2.05, 4.69) is 26.8 Å². The van der Waals surface area contributed by atoms with Crippen molar-refractivity contribution in [3.05, 3.63) is 42.0 Å². The Kier molecular flexibility index (Phi) is 3.94. The topological polar surface area (TPSA) is 45.2 Å². The van der Waals surface area contributed by atoms with Gasteiger partial charge in [-0.3, -0.25) is 4.98 Å². The molecule has 0 spiro atoms. The maximum absolute atomic E-state index is 4.32. The zero-order valence-electron chi connectivity index (χ0n) is 11.8. The van der Waals surface area contributed by atoms with Crippen molar-refractivity contribution in [1.82, 2.24) is 15.0 Å². The summed E-state index contributed by atoms with van der Waals surface area (Å²) >= 11 is 0. The van der Waals surface area contributed by atoms with Crippen LogP contribution in [0.4, 0.5) is 11.6 Å². The number of hydrogen-bond acceptors (Lipinski definition) is 5. The molecule has 2 aromatic heterocycles. The van der Waals surface area contributed by atoms with Gasteiger partial charge in [-0.2, -0.15) is 0 Å². The second-order valence-electron chi connectivity index (χ2n) is 4.79. The van der Waals surface area contributed by atoms with Gasteiger partial charge in [0.1, 0.15) is 18.0 Å². The Bertz CT molecular complexity index is 553. The number of aryl methyl sites for hydroxylation is 1. The van der Waals surface area contributed by atoms with Crippen molar-refractivity contribution >= 4 is 11.6 Å². The molecule has 0 bridgehead atoms. The molecule has 2 rings (SSSR count). The van der Waals surface area contributed by atoms with Crippen LogP contribution in [0.2, 0.25) is 0 Å². The molecule has 0 saturated heterocycles. The largest absolute Gasteiger partial charge is 0.363 e. The number of aromatic nitrogens is 3. The highest BCUT2D eigenvalue weighted by molar-refractivity contribution is 5.49. The predicted octanol–water partition coefficient (Wildman–Crippen LogP) is 1.88. The number of hydrogen-bond donors (Lipinski definition) is 0. The Balaban J connectivity index is 2.18. The maximum Gasteiger partial charge on any atom is 0.134 e. The van der Waals surface area contributed by atoms with E-state index in [4.69, 9.17) is 0 Å². The molecule has 0 aliphatic carbocycles. The van der Waals surface area contributed by atoms with Gasteiger partial charge in [0.25, 0.3) is 0 Å². The van der Waals surface area contributed by atoms with E-state index in [9.17, 15) is 0 Å². The first-order chi connectivity index (χ1) is 9.08. The molecule has 2 aromatic rings. The lowest BCUT2D eigenvalue weighted by Gasteiger charge is -2.20. The first kappa shape index (κ1) is 13.3. The van der Waals surface area contributed by atoms with Crippen LogP contribution in [0.25, 0.3) is 0 Å². The van der Waals surface area contributed by atoms with E-state index in [0.29, 0.717) is 0 Å². The fourth-order valence-electron chi connectivity index (χ4n) is 1.81. The van der Waals surface area contributed by atoms with E-state index in [1.54, 1.807) is 6.33 Å². The average Bonchev–Trinajstić information content (AvgIpc) is 2.41. The smallest absolute Gasteiger partial charge is 0.134 e. The third-order valence-electron chi connectivity index (χ3n) is 3.03. The molecular formula is C14H19N5. The van der Waals surface area contributed by atoms with Gasteiger partial charge in [-0.1, -0.05) is 0 Å². The Hall–Kier alpha value is -2.17. The van der Waals surface area contributed by atoms with E-state index in [-0.39, 0.29) is 0 Å². The first-order valence-corrected chi connectivity index (χ1v) is 6.18. The molecule has 19 heavy (non-hydrogen) atoms. The molecule has 0 saturated carbocycles. The molecule has 100 valence electrons. The molecule has 0 atom stereocenters. The second-order valence-corrected chi connectivity index (χ2v) is 4.79. The molecule has 2 heterocycles. The van der Waals surface area contributed by atoms with Gasteiger partial charge in [0.15, 0.2) is 0 Å². The van der Waals surface area contributed by atoms with Crippen LogP contribution in [-0.4, -0.2) is 36.1 Å². The Morgan fingerprint density at radius 2 is 1.84 bits per heavy atom. The molecule has 5 heteroatoms. The summed E-state index contributed by atoms with van der Waals surface area (Å²) < 4.78 is 0. The van der Waals surface area contributed by atoms with Crippen molar-refractivity contribution in [2.75, 3.05) is 30.9 Å². The van der Waals surface area contributed by atoms with Crippen LogP contribution in [0, 0.1) is 6.92 Å². The SMILES string of the molecule is Cc1cnccc1CN(C)c1cc(N(C)C)ncn1. The third kappa shape index (κ3) is 3.19. The summed E-state index contributed by atoms with van der Waals surface area (Å²) in [7, 11) is 5.97. The van der Waals surface area contributed by atoms with Gasteiger partial charge >= 0.3 is 0 Å². The first-order valence-electron chi connectivity index (χ1n) is 6.18. The molecule has 0 amide bonds. The standard InChI is InChI=1S/C14H19N5/c1-11-8-15-6-5-12(11)9-19(4)14-7-13(18(2)3)16-10-17-14/h5-8,10H,9H2,1-4H3. The predicted molar refractivity (Wildman–Crippen MR) is 77.4 cm³/mol. The fourth-order valence-corrected chi connectivity index (χ4v) is 1.81. The summed E-state index contributed by atoms with van der Waals surface area (Å²) in [6.07, 6.45) is 5.30. The summed E-state index contributed by atoms with van der Waals surface area (Å²) in [5, 5.41) is 0. The van der Waals surface area contributed by atoms with Crippen molar-refractivity contribution in [2.24, 2.45) is 0 Å². The molecule has 5 nitrogen and oxygen atoms in total. The zero-order chi connectivity index (χ0) is 13.8. The molecule has 0 fully saturated rings. The van der Waals surface area contributed by atoms with Gasteiger partial charge in [0, 0.05) is 46.1 Å². The van der Waals surface area contributed by atoms with E-state index in [1.807, 2.05) is 50.6 Å². The highest BCUT2D eigenvalue weighted by atomic mass is 15.2. The Morgan fingerprint density at radius 1 is 1.11 bits per heavy atom. The molecular weight excluding hydrogens is 238 g/mol. The average molecular weight is 257 g/mol. The molecule has 0 aliphatic heterocycles. The maximum atomic E-state index is 4.32. The van der Waals surface area contributed by atoms with Gasteiger partial charge < -0.3 is 9.80 Å². The minimum Gasteiger partial charge on any atom is -0.363 e. The van der Waals surface area contributed by atoms with Crippen LogP contribution in [-0.2, 0) is 6.54 Å². The van der Waals surface area contributed by atoms with Crippen LogP contribution < -0.4 is 9.80 Å². The van der Waals surface area contributed by atoms with Crippen molar-refractivity contribution in [3.8, 4) is 0 Å². The van der Waals surface area contributed by atoms with E-state index in [1.165, 1.54) is 11.1 Å². The van der Waals surface area contributed by atoms with Crippen LogP contribution >= 0.6 is 0 Å². The second kappa shape index (κ2) is 5.65. The van der Waals surface area contributed by atoms with Crippen LogP contribution in [0.15, 0.2) is 30.9 Å². The highest BCUT2D eigenvalue weighted by Gasteiger charge is 2.07. The number of pyridine rings is 1. The molecule has 0 aliphatic rings. The van der Waals surface area contributed by atoms with E-state index >= 15 is 0 Å². The summed E-state index contributed by atoms with van der Waals surface area (Å²) in [6.45, 7) is 2.87. The molecule has 0 radical (unpaired) electrons. The number of anilines is 2. The third-order valence-corrected chi connectivity index (χ3v) is 3.03. The van der Waals surface area contributed by atoms with Crippen molar-refractivity contribution < 1.29 is 0 Å². The van der Waals surface area contributed by atoms with Gasteiger partial charge in [-0.25, -0.2) is 9.97 Å². The quantitative estimate of drug-likeness (QED) is 0.837. The lowest BCUT2D eigenvalue weighted by Crippen LogP contribution is -2.19. The Morgan fingerprint density at radius 3 is 2.53 bits per heavy atom. The summed E-state index contributed by atoms with van der Waals surface area (Å²) in [5.41, 5.74) is 2.44. The van der Waals surface area contributed by atoms with Gasteiger partial charge in [-0.05, 0) is 24.1 Å². The molecule has 0 aromatic carbocycles. The van der Waals surface area contributed by atoms with Crippen molar-refractivity contribution in [3.63, 3.8) is 0 Å². The minimum atomic E-state index is 0.804. The number of nitrogens with zero attached hydrogens (tertiary/aromatic N) is 5. The fraction of sp³-hybridized carbons (Fsp3) is 0.357. The monoisotopic (exact) mass is 257 g/mol. The van der Waals surface area contributed by atoms with Gasteiger partial charge in [0.2, 0.25) is 0 Å². The van der Waals surface area contributed by atoms with Crippen molar-refractivity contribution in [2.45, 2.75) is 13.5 Å². The normalized spacial score (nSPS) is 10.3. The lowest BCUT2D eigenvalue weighted by molar-refractivity contribution is 0.877. The molecule has 0 unspecified atom stereocenters. The van der Waals surface area contributed by atoms with E-state index < -0.39 is 0 Å². The van der Waals surface area contributed by atoms with Crippen LogP contribution in [0.3, 0.4) is 0 Å². The zero-order valence-corrected chi connectivity index (χ0v) is 11.8. The summed E-state index contributed by atoms with van der Waals surface area (Å²) in [6, 6.07) is 4.02. The highest BCUT2D eigenvalue weighted by Crippen LogP contribution is 2.17. The molecule has 0 N–H and O–H groups in total. The van der Waals surface area contributed by atoms with Gasteiger partial charge in [0.05, 0.1) is 0 Å². The Labute approximate surface area is 113 Å². The number of rotatable bonds is 4. The van der Waals surface area contributed by atoms with Crippen LogP contribution in [0.5, 0.6) is 0 Å². The van der Waals surface area contributed by atoms with Crippen molar-refractivity contribution in [1.29, 1.82) is 0 Å². The van der Waals surface area contributed by atoms with Crippen LogP contribution in [0.1, 0.15) is 11.1 Å². The van der Waals surface area contributed by atoms with E-state index in [0.717, 1.165) is 18.2 Å². The minimum absolute atomic E-state index is 0.804. The lowest BCUT2D eigenvalue weighted by atomic mass is 10.1. The summed E-state index contributed by atoms with van der Waals surface area (Å²) in [4.78, 5) is 16.7. The summed E-state index contributed by atoms with van der Waals surface area (Å²) in [5.74, 6) is 1.82.